The van der Waals surface area contributed by atoms with E-state index in [0.29, 0.717) is 17.6 Å². The molecule has 10 nitrogen and oxygen atoms in total. The number of hydrogen-bond donors (Lipinski definition) is 3. The molecule has 0 saturated heterocycles. The Bertz CT molecular complexity index is 1570. The number of aromatic nitrogens is 1. The van der Waals surface area contributed by atoms with Crippen LogP contribution in [0.2, 0.25) is 5.02 Å². The molecule has 2 unspecified atom stereocenters. The number of aryl methyl sites for hydroxylation is 1. The Morgan fingerprint density at radius 1 is 0.889 bits per heavy atom. The maximum atomic E-state index is 13.1. The van der Waals surface area contributed by atoms with Crippen LogP contribution in [0.1, 0.15) is 33.2 Å². The molecule has 0 bridgehead atoms. The van der Waals surface area contributed by atoms with Gasteiger partial charge in [-0.1, -0.05) is 23.2 Å². The summed E-state index contributed by atoms with van der Waals surface area (Å²) in [5, 5.41) is 6.98. The third-order valence-corrected chi connectivity index (χ3v) is 6.22. The number of nitrogens with one attached hydrogen (secondary N) is 3. The molecule has 0 spiro atoms. The quantitative estimate of drug-likeness (QED) is 0.210. The van der Waals surface area contributed by atoms with Crippen molar-refractivity contribution in [2.75, 3.05) is 17.7 Å². The molecular weight excluding hydrogens is 636 g/mol. The molecule has 0 saturated carbocycles. The summed E-state index contributed by atoms with van der Waals surface area (Å²) in [5.74, 6) is -6.26. The van der Waals surface area contributed by atoms with Gasteiger partial charge in [-0.25, -0.2) is 4.98 Å². The summed E-state index contributed by atoms with van der Waals surface area (Å²) in [6, 6.07) is 10.5. The third kappa shape index (κ3) is 9.31. The van der Waals surface area contributed by atoms with Gasteiger partial charge in [-0.2, -0.15) is 26.3 Å². The number of carbonyl (C=O) groups is 4. The van der Waals surface area contributed by atoms with Crippen molar-refractivity contribution in [1.29, 1.82) is 0 Å². The summed E-state index contributed by atoms with van der Waals surface area (Å²) >= 11 is 5.81. The minimum atomic E-state index is -5.40. The van der Waals surface area contributed by atoms with Gasteiger partial charge in [-0.15, -0.1) is 0 Å². The highest BCUT2D eigenvalue weighted by molar-refractivity contribution is 6.30. The molecule has 0 fully saturated rings. The topological polar surface area (TPSA) is 130 Å². The summed E-state index contributed by atoms with van der Waals surface area (Å²) in [6.45, 7) is 2.64. The van der Waals surface area contributed by atoms with Crippen LogP contribution in [0.5, 0.6) is 5.75 Å². The molecule has 4 amide bonds. The molecule has 3 rings (SSSR count). The zero-order chi connectivity index (χ0) is 33.7. The number of rotatable bonds is 9. The van der Waals surface area contributed by atoms with Crippen molar-refractivity contribution in [2.24, 2.45) is 0 Å². The normalized spacial score (nSPS) is 12.8. The number of anilines is 2. The highest BCUT2D eigenvalue weighted by atomic mass is 35.5. The average Bonchev–Trinajstić information content (AvgIpc) is 2.96. The first kappa shape index (κ1) is 34.6. The number of nitrogens with zero attached hydrogens (tertiary/aromatic N) is 2. The number of halogens is 7. The molecule has 1 heterocycles. The van der Waals surface area contributed by atoms with Crippen molar-refractivity contribution in [3.8, 4) is 5.75 Å². The molecular formula is C28H24ClF6N5O5. The predicted octanol–water partition coefficient (Wildman–Crippen LogP) is 5.34. The highest BCUT2D eigenvalue weighted by Gasteiger charge is 2.46. The van der Waals surface area contributed by atoms with Crippen molar-refractivity contribution >= 4 is 46.7 Å². The van der Waals surface area contributed by atoms with Crippen LogP contribution in [0.3, 0.4) is 0 Å². The van der Waals surface area contributed by atoms with E-state index in [-0.39, 0.29) is 33.3 Å². The van der Waals surface area contributed by atoms with E-state index in [1.165, 1.54) is 47.9 Å². The smallest absolute Gasteiger partial charge is 0.468 e. The Kier molecular flexibility index (Phi) is 10.6. The molecule has 1 aromatic heterocycles. The minimum absolute atomic E-state index is 0.00847. The second-order valence-corrected chi connectivity index (χ2v) is 9.96. The summed E-state index contributed by atoms with van der Waals surface area (Å²) in [6.07, 6.45) is -11.5. The fraction of sp³-hybridized carbons (Fsp3) is 0.250. The minimum Gasteiger partial charge on any atom is -0.468 e. The van der Waals surface area contributed by atoms with Gasteiger partial charge in [-0.05, 0) is 62.4 Å². The Morgan fingerprint density at radius 3 is 2.09 bits per heavy atom. The van der Waals surface area contributed by atoms with Gasteiger partial charge in [0.15, 0.2) is 6.23 Å². The third-order valence-electron chi connectivity index (χ3n) is 6.00. The Balaban J connectivity index is 1.79. The Morgan fingerprint density at radius 2 is 1.53 bits per heavy atom. The molecule has 2 aromatic carbocycles. The molecule has 0 aliphatic rings. The van der Waals surface area contributed by atoms with Crippen LogP contribution >= 0.6 is 11.6 Å². The van der Waals surface area contributed by atoms with Crippen LogP contribution in [-0.4, -0.2) is 65.2 Å². The lowest BCUT2D eigenvalue weighted by molar-refractivity contribution is -0.193. The number of pyridine rings is 1. The van der Waals surface area contributed by atoms with Crippen molar-refractivity contribution in [3.05, 3.63) is 82.5 Å². The van der Waals surface area contributed by atoms with Crippen molar-refractivity contribution < 1.29 is 50.3 Å². The standard InChI is InChI=1S/C28H24ClF6N5O5/c1-14-4-10-20(19(12-14)23(42)39-21-11-7-17(29)13-36-21)38-22(41)16-5-8-18(9-6-16)45-24(40(3)26(44)28(33,34)35)15(2)37-25(43)27(30,31)32/h4-13,15,24H,1-3H3,(H,37,43)(H,38,41)(H,36,39,42). The molecule has 45 heavy (non-hydrogen) atoms. The Labute approximate surface area is 256 Å². The van der Waals surface area contributed by atoms with Gasteiger partial charge >= 0.3 is 24.2 Å². The van der Waals surface area contributed by atoms with Crippen LogP contribution in [-0.2, 0) is 9.59 Å². The summed E-state index contributed by atoms with van der Waals surface area (Å²) < 4.78 is 82.8. The zero-order valence-corrected chi connectivity index (χ0v) is 24.3. The fourth-order valence-electron chi connectivity index (χ4n) is 3.80. The molecule has 240 valence electrons. The average molecular weight is 660 g/mol. The molecule has 17 heteroatoms. The number of likely N-dealkylation sites (N-methyl/N-ethyl adjacent to an activating group) is 1. The SMILES string of the molecule is Cc1ccc(NC(=O)c2ccc(OC(C(C)NC(=O)C(F)(F)F)N(C)C(=O)C(F)(F)F)cc2)c(C(=O)Nc2ccc(Cl)cn2)c1. The van der Waals surface area contributed by atoms with Crippen LogP contribution in [0, 0.1) is 6.92 Å². The first-order valence-corrected chi connectivity index (χ1v) is 13.1. The number of carbonyl (C=O) groups excluding carboxylic acids is 4. The van der Waals surface area contributed by atoms with Crippen LogP contribution in [0.4, 0.5) is 37.8 Å². The molecule has 3 N–H and O–H groups in total. The summed E-state index contributed by atoms with van der Waals surface area (Å²) in [5.41, 5.74) is 0.908. The number of hydrogen-bond acceptors (Lipinski definition) is 6. The monoisotopic (exact) mass is 659 g/mol. The zero-order valence-electron chi connectivity index (χ0n) is 23.5. The lowest BCUT2D eigenvalue weighted by Gasteiger charge is -2.33. The first-order chi connectivity index (χ1) is 20.9. The number of ether oxygens (including phenoxy) is 1. The lowest BCUT2D eigenvalue weighted by atomic mass is 10.1. The van der Waals surface area contributed by atoms with E-state index in [2.05, 4.69) is 15.6 Å². The van der Waals surface area contributed by atoms with Gasteiger partial charge in [0.2, 0.25) is 0 Å². The molecule has 0 aliphatic carbocycles. The van der Waals surface area contributed by atoms with Crippen LogP contribution in [0.25, 0.3) is 0 Å². The van der Waals surface area contributed by atoms with Crippen molar-refractivity contribution in [3.63, 3.8) is 0 Å². The highest BCUT2D eigenvalue weighted by Crippen LogP contribution is 2.25. The number of benzene rings is 2. The van der Waals surface area contributed by atoms with Gasteiger partial charge < -0.3 is 25.6 Å². The van der Waals surface area contributed by atoms with Crippen LogP contribution < -0.4 is 20.7 Å². The molecule has 0 aliphatic heterocycles. The predicted molar refractivity (Wildman–Crippen MR) is 150 cm³/mol. The van der Waals surface area contributed by atoms with E-state index in [1.807, 2.05) is 0 Å². The maximum absolute atomic E-state index is 13.1. The number of amides is 4. The first-order valence-electron chi connectivity index (χ1n) is 12.7. The van der Waals surface area contributed by atoms with Gasteiger partial charge in [0.1, 0.15) is 11.6 Å². The van der Waals surface area contributed by atoms with E-state index in [0.717, 1.165) is 19.1 Å². The lowest BCUT2D eigenvalue weighted by Crippen LogP contribution is -2.57. The van der Waals surface area contributed by atoms with E-state index in [9.17, 15) is 45.5 Å². The maximum Gasteiger partial charge on any atom is 0.471 e. The van der Waals surface area contributed by atoms with E-state index in [4.69, 9.17) is 16.3 Å². The number of alkyl halides is 6. The van der Waals surface area contributed by atoms with E-state index in [1.54, 1.807) is 13.0 Å². The van der Waals surface area contributed by atoms with Gasteiger partial charge in [0, 0.05) is 18.8 Å². The summed E-state index contributed by atoms with van der Waals surface area (Å²) in [7, 11) is 0.636. The largest absolute Gasteiger partial charge is 0.471 e. The van der Waals surface area contributed by atoms with Crippen molar-refractivity contribution in [1.82, 2.24) is 15.2 Å². The van der Waals surface area contributed by atoms with Gasteiger partial charge in [0.25, 0.3) is 11.8 Å². The van der Waals surface area contributed by atoms with E-state index < -0.39 is 48.3 Å². The van der Waals surface area contributed by atoms with Crippen LogP contribution in [0.15, 0.2) is 60.8 Å². The second-order valence-electron chi connectivity index (χ2n) is 9.53. The molecule has 2 atom stereocenters. The van der Waals surface area contributed by atoms with Crippen molar-refractivity contribution in [2.45, 2.75) is 38.5 Å². The van der Waals surface area contributed by atoms with E-state index >= 15 is 0 Å². The summed E-state index contributed by atoms with van der Waals surface area (Å²) in [4.78, 5) is 53.1. The molecule has 0 radical (unpaired) electrons. The molecule has 3 aromatic rings. The second kappa shape index (κ2) is 13.8. The van der Waals surface area contributed by atoms with Gasteiger partial charge in [0.05, 0.1) is 22.3 Å². The Hall–Kier alpha value is -4.86. The fourth-order valence-corrected chi connectivity index (χ4v) is 3.91. The van der Waals surface area contributed by atoms with Gasteiger partial charge in [-0.3, -0.25) is 19.2 Å².